The second kappa shape index (κ2) is 6.84. The van der Waals surface area contributed by atoms with Gasteiger partial charge in [0.05, 0.1) is 0 Å². The summed E-state index contributed by atoms with van der Waals surface area (Å²) < 4.78 is 0. The second-order valence-corrected chi connectivity index (χ2v) is 4.98. The summed E-state index contributed by atoms with van der Waals surface area (Å²) in [6, 6.07) is 9.18. The lowest BCUT2D eigenvalue weighted by Crippen LogP contribution is -2.21. The van der Waals surface area contributed by atoms with Gasteiger partial charge in [-0.1, -0.05) is 18.2 Å². The zero-order valence-corrected chi connectivity index (χ0v) is 11.6. The molecule has 0 radical (unpaired) electrons. The lowest BCUT2D eigenvalue weighted by molar-refractivity contribution is -0.124. The van der Waals surface area contributed by atoms with Crippen molar-refractivity contribution in [1.82, 2.24) is 5.43 Å². The minimum atomic E-state index is -0.229. The third-order valence-corrected chi connectivity index (χ3v) is 3.16. The van der Waals surface area contributed by atoms with E-state index in [2.05, 4.69) is 15.8 Å². The molecule has 0 heterocycles. The molecule has 1 aromatic rings. The molecule has 1 fully saturated rings. The van der Waals surface area contributed by atoms with Crippen molar-refractivity contribution in [3.8, 4) is 0 Å². The van der Waals surface area contributed by atoms with Crippen LogP contribution >= 0.6 is 0 Å². The number of amides is 2. The van der Waals surface area contributed by atoms with Gasteiger partial charge >= 0.3 is 0 Å². The van der Waals surface area contributed by atoms with E-state index in [4.69, 9.17) is 0 Å². The SMILES string of the molecule is CC(=NNC(=O)CCC(=O)Nc1ccccc1)C1CC1. The van der Waals surface area contributed by atoms with Gasteiger partial charge in [-0.2, -0.15) is 5.10 Å². The van der Waals surface area contributed by atoms with Crippen LogP contribution < -0.4 is 10.7 Å². The number of para-hydroxylation sites is 1. The van der Waals surface area contributed by atoms with Gasteiger partial charge in [-0.25, -0.2) is 5.43 Å². The Balaban J connectivity index is 1.67. The highest BCUT2D eigenvalue weighted by atomic mass is 16.2. The van der Waals surface area contributed by atoms with E-state index in [1.807, 2.05) is 25.1 Å². The van der Waals surface area contributed by atoms with E-state index < -0.39 is 0 Å². The van der Waals surface area contributed by atoms with Crippen molar-refractivity contribution in [2.24, 2.45) is 11.0 Å². The van der Waals surface area contributed by atoms with E-state index in [0.29, 0.717) is 5.92 Å². The molecule has 20 heavy (non-hydrogen) atoms. The molecule has 0 atom stereocenters. The van der Waals surface area contributed by atoms with E-state index in [1.54, 1.807) is 12.1 Å². The molecule has 1 aliphatic rings. The molecular formula is C15H19N3O2. The number of nitrogens with zero attached hydrogens (tertiary/aromatic N) is 1. The number of rotatable bonds is 6. The van der Waals surface area contributed by atoms with E-state index in [9.17, 15) is 9.59 Å². The zero-order valence-electron chi connectivity index (χ0n) is 11.6. The largest absolute Gasteiger partial charge is 0.326 e. The zero-order chi connectivity index (χ0) is 14.4. The Morgan fingerprint density at radius 3 is 2.45 bits per heavy atom. The van der Waals surface area contributed by atoms with E-state index >= 15 is 0 Å². The maximum atomic E-state index is 11.6. The highest BCUT2D eigenvalue weighted by molar-refractivity contribution is 5.93. The molecule has 2 N–H and O–H groups in total. The molecule has 2 rings (SSSR count). The summed E-state index contributed by atoms with van der Waals surface area (Å²) >= 11 is 0. The Labute approximate surface area is 118 Å². The van der Waals surface area contributed by atoms with Crippen LogP contribution in [0.5, 0.6) is 0 Å². The first kappa shape index (κ1) is 14.2. The summed E-state index contributed by atoms with van der Waals surface area (Å²) in [4.78, 5) is 23.2. The molecule has 0 aromatic heterocycles. The quantitative estimate of drug-likeness (QED) is 0.616. The number of nitrogens with one attached hydrogen (secondary N) is 2. The standard InChI is InChI=1S/C15H19N3O2/c1-11(12-7-8-12)17-18-15(20)10-9-14(19)16-13-5-3-2-4-6-13/h2-6,12H,7-10H2,1H3,(H,16,19)(H,18,20). The van der Waals surface area contributed by atoms with Gasteiger partial charge in [-0.15, -0.1) is 0 Å². The first-order chi connectivity index (χ1) is 9.65. The van der Waals surface area contributed by atoms with Gasteiger partial charge in [0, 0.05) is 24.2 Å². The molecule has 2 amide bonds. The van der Waals surface area contributed by atoms with Crippen LogP contribution in [0.1, 0.15) is 32.6 Å². The fourth-order valence-electron chi connectivity index (χ4n) is 1.77. The molecule has 1 aliphatic carbocycles. The Hall–Kier alpha value is -2.17. The normalized spacial score (nSPS) is 14.8. The predicted molar refractivity (Wildman–Crippen MR) is 78.3 cm³/mol. The van der Waals surface area contributed by atoms with E-state index in [-0.39, 0.29) is 24.7 Å². The number of hydrogen-bond donors (Lipinski definition) is 2. The van der Waals surface area contributed by atoms with Gasteiger partial charge in [0.25, 0.3) is 0 Å². The first-order valence-corrected chi connectivity index (χ1v) is 6.83. The molecule has 0 saturated heterocycles. The fourth-order valence-corrected chi connectivity index (χ4v) is 1.77. The lowest BCUT2D eigenvalue weighted by atomic mass is 10.2. The maximum absolute atomic E-state index is 11.6. The third kappa shape index (κ3) is 4.84. The average molecular weight is 273 g/mol. The van der Waals surface area contributed by atoms with Crippen molar-refractivity contribution in [2.75, 3.05) is 5.32 Å². The minimum Gasteiger partial charge on any atom is -0.326 e. The van der Waals surface area contributed by atoms with Gasteiger partial charge in [-0.3, -0.25) is 9.59 Å². The van der Waals surface area contributed by atoms with Crippen molar-refractivity contribution >= 4 is 23.2 Å². The Bertz CT molecular complexity index is 507. The van der Waals surface area contributed by atoms with Crippen LogP contribution in [0.15, 0.2) is 35.4 Å². The van der Waals surface area contributed by atoms with E-state index in [1.165, 1.54) is 0 Å². The van der Waals surface area contributed by atoms with Crippen molar-refractivity contribution < 1.29 is 9.59 Å². The number of carbonyl (C=O) groups is 2. The number of carbonyl (C=O) groups excluding carboxylic acids is 2. The molecule has 0 bridgehead atoms. The Morgan fingerprint density at radius 2 is 1.80 bits per heavy atom. The van der Waals surface area contributed by atoms with Gasteiger partial charge in [0.1, 0.15) is 0 Å². The Kier molecular flexibility index (Phi) is 4.87. The molecule has 0 aliphatic heterocycles. The number of hydrazone groups is 1. The fraction of sp³-hybridized carbons (Fsp3) is 0.400. The van der Waals surface area contributed by atoms with Gasteiger partial charge < -0.3 is 5.32 Å². The Morgan fingerprint density at radius 1 is 1.15 bits per heavy atom. The average Bonchev–Trinajstić information content (AvgIpc) is 3.28. The van der Waals surface area contributed by atoms with E-state index in [0.717, 1.165) is 24.2 Å². The predicted octanol–water partition coefficient (Wildman–Crippen LogP) is 2.31. The molecule has 1 saturated carbocycles. The smallest absolute Gasteiger partial charge is 0.240 e. The number of benzene rings is 1. The van der Waals surface area contributed by atoms with Crippen LogP contribution in [0.2, 0.25) is 0 Å². The van der Waals surface area contributed by atoms with Crippen molar-refractivity contribution in [3.63, 3.8) is 0 Å². The highest BCUT2D eigenvalue weighted by Gasteiger charge is 2.24. The van der Waals surface area contributed by atoms with Crippen molar-refractivity contribution in [3.05, 3.63) is 30.3 Å². The van der Waals surface area contributed by atoms with Crippen molar-refractivity contribution in [2.45, 2.75) is 32.6 Å². The summed E-state index contributed by atoms with van der Waals surface area (Å²) in [6.45, 7) is 1.92. The van der Waals surface area contributed by atoms with Crippen LogP contribution in [0, 0.1) is 5.92 Å². The van der Waals surface area contributed by atoms with Gasteiger partial charge in [0.15, 0.2) is 0 Å². The van der Waals surface area contributed by atoms with Crippen LogP contribution in [-0.2, 0) is 9.59 Å². The van der Waals surface area contributed by atoms with Crippen LogP contribution in [0.3, 0.4) is 0 Å². The molecular weight excluding hydrogens is 254 g/mol. The van der Waals surface area contributed by atoms with Gasteiger partial charge in [0.2, 0.25) is 11.8 Å². The molecule has 106 valence electrons. The monoisotopic (exact) mass is 273 g/mol. The molecule has 5 heteroatoms. The minimum absolute atomic E-state index is 0.139. The molecule has 0 unspecified atom stereocenters. The number of hydrogen-bond acceptors (Lipinski definition) is 3. The first-order valence-electron chi connectivity index (χ1n) is 6.83. The van der Waals surface area contributed by atoms with Gasteiger partial charge in [-0.05, 0) is 37.8 Å². The van der Waals surface area contributed by atoms with Crippen LogP contribution in [0.4, 0.5) is 5.69 Å². The topological polar surface area (TPSA) is 70.6 Å². The summed E-state index contributed by atoms with van der Waals surface area (Å²) in [7, 11) is 0. The molecule has 0 spiro atoms. The summed E-state index contributed by atoms with van der Waals surface area (Å²) in [5.41, 5.74) is 4.19. The summed E-state index contributed by atoms with van der Waals surface area (Å²) in [6.07, 6.45) is 2.61. The maximum Gasteiger partial charge on any atom is 0.240 e. The van der Waals surface area contributed by atoms with Crippen LogP contribution in [0.25, 0.3) is 0 Å². The highest BCUT2D eigenvalue weighted by Crippen LogP contribution is 2.30. The number of anilines is 1. The summed E-state index contributed by atoms with van der Waals surface area (Å²) in [5, 5.41) is 6.77. The third-order valence-electron chi connectivity index (χ3n) is 3.16. The van der Waals surface area contributed by atoms with Crippen LogP contribution in [-0.4, -0.2) is 17.5 Å². The van der Waals surface area contributed by atoms with Crippen molar-refractivity contribution in [1.29, 1.82) is 0 Å². The summed E-state index contributed by atoms with van der Waals surface area (Å²) in [5.74, 6) is 0.138. The molecule has 1 aromatic carbocycles. The lowest BCUT2D eigenvalue weighted by Gasteiger charge is -2.04. The second-order valence-electron chi connectivity index (χ2n) is 4.98. The molecule has 5 nitrogen and oxygen atoms in total.